The zero-order valence-electron chi connectivity index (χ0n) is 32.5. The number of hydrogen-bond donors (Lipinski definition) is 0. The van der Waals surface area contributed by atoms with Crippen LogP contribution >= 0.6 is 0 Å². The van der Waals surface area contributed by atoms with Crippen LogP contribution in [0.1, 0.15) is 0 Å². The Bertz CT molecular complexity index is 3240. The van der Waals surface area contributed by atoms with E-state index in [1.165, 1.54) is 5.56 Å². The molecule has 0 aliphatic rings. The highest BCUT2D eigenvalue weighted by Gasteiger charge is 2.25. The predicted octanol–water partition coefficient (Wildman–Crippen LogP) is 14.7. The van der Waals surface area contributed by atoms with Gasteiger partial charge in [-0.05, 0) is 64.5 Å². The molecule has 11 aromatic rings. The van der Waals surface area contributed by atoms with Crippen molar-refractivity contribution >= 4 is 49.8 Å². The molecule has 2 heterocycles. The number of hydrogen-bond acceptors (Lipinski definition) is 5. The van der Waals surface area contributed by atoms with Crippen LogP contribution in [0.2, 0.25) is 0 Å². The Morgan fingerprint density at radius 1 is 0.350 bits per heavy atom. The van der Waals surface area contributed by atoms with Crippen molar-refractivity contribution in [3.8, 4) is 56.4 Å². The first-order valence-electron chi connectivity index (χ1n) is 20.1. The monoisotopic (exact) mass is 768 g/mol. The third-order valence-electron chi connectivity index (χ3n) is 11.1. The van der Waals surface area contributed by atoms with Gasteiger partial charge in [-0.1, -0.05) is 176 Å². The van der Waals surface area contributed by atoms with E-state index in [0.29, 0.717) is 17.5 Å². The number of benzene rings is 9. The minimum atomic E-state index is 0.594. The summed E-state index contributed by atoms with van der Waals surface area (Å²) in [7, 11) is 0. The van der Waals surface area contributed by atoms with Crippen LogP contribution in [0.15, 0.2) is 223 Å². The van der Waals surface area contributed by atoms with Gasteiger partial charge < -0.3 is 9.32 Å². The van der Waals surface area contributed by atoms with Gasteiger partial charge in [0.25, 0.3) is 0 Å². The van der Waals surface area contributed by atoms with Gasteiger partial charge in [0.05, 0.1) is 11.4 Å². The second-order valence-electron chi connectivity index (χ2n) is 14.8. The fourth-order valence-electron chi connectivity index (χ4n) is 8.20. The highest BCUT2D eigenvalue weighted by molar-refractivity contribution is 6.20. The maximum atomic E-state index is 7.04. The molecule has 0 radical (unpaired) electrons. The Morgan fingerprint density at radius 2 is 0.850 bits per heavy atom. The second-order valence-corrected chi connectivity index (χ2v) is 14.8. The van der Waals surface area contributed by atoms with Crippen molar-refractivity contribution in [2.24, 2.45) is 0 Å². The fourth-order valence-corrected chi connectivity index (χ4v) is 8.20. The minimum Gasteiger partial charge on any atom is -0.454 e. The van der Waals surface area contributed by atoms with Crippen molar-refractivity contribution in [2.45, 2.75) is 0 Å². The molecule has 0 spiro atoms. The maximum Gasteiger partial charge on any atom is 0.164 e. The molecule has 5 nitrogen and oxygen atoms in total. The van der Waals surface area contributed by atoms with Gasteiger partial charge in [0, 0.05) is 44.1 Å². The van der Waals surface area contributed by atoms with Crippen molar-refractivity contribution in [2.75, 3.05) is 4.90 Å². The Kier molecular flexibility index (Phi) is 8.75. The summed E-state index contributed by atoms with van der Waals surface area (Å²) in [4.78, 5) is 17.4. The summed E-state index contributed by atoms with van der Waals surface area (Å²) in [5.74, 6) is 1.84. The van der Waals surface area contributed by atoms with Gasteiger partial charge in [-0.25, -0.2) is 15.0 Å². The molecule has 0 aliphatic carbocycles. The molecule has 9 aromatic carbocycles. The third kappa shape index (κ3) is 6.35. The summed E-state index contributed by atoms with van der Waals surface area (Å²) in [6.07, 6.45) is 0. The molecule has 60 heavy (non-hydrogen) atoms. The van der Waals surface area contributed by atoms with Gasteiger partial charge in [0.15, 0.2) is 23.1 Å². The minimum absolute atomic E-state index is 0.594. The number of anilines is 3. The smallest absolute Gasteiger partial charge is 0.164 e. The Labute approximate surface area is 347 Å². The number of fused-ring (bicyclic) bond motifs is 4. The van der Waals surface area contributed by atoms with E-state index in [4.69, 9.17) is 19.4 Å². The predicted molar refractivity (Wildman–Crippen MR) is 246 cm³/mol. The van der Waals surface area contributed by atoms with Crippen LogP contribution in [0.3, 0.4) is 0 Å². The number of aromatic nitrogens is 3. The normalized spacial score (nSPS) is 11.3. The van der Waals surface area contributed by atoms with Crippen LogP contribution in [0, 0.1) is 0 Å². The first-order chi connectivity index (χ1) is 29.7. The van der Waals surface area contributed by atoms with E-state index in [9.17, 15) is 0 Å². The quantitative estimate of drug-likeness (QED) is 0.154. The standard InChI is InChI=1S/C55H36N4O/c1-5-17-37(18-6-1)38-29-32-44(33-30-38)59(49-28-16-15-26-45(49)39-19-7-2-8-20-39)51-46-27-14-13-25-42(46)35-48-47-36-43(31-34-50(47)60-52(48)51)55-57-53(40-21-9-3-10-22-40)56-54(58-55)41-23-11-4-12-24-41/h1-36H. The molecule has 0 bridgehead atoms. The molecule has 0 N–H and O–H groups in total. The summed E-state index contributed by atoms with van der Waals surface area (Å²) < 4.78 is 7.04. The van der Waals surface area contributed by atoms with Gasteiger partial charge in [-0.3, -0.25) is 0 Å². The molecule has 0 aliphatic heterocycles. The lowest BCUT2D eigenvalue weighted by Crippen LogP contribution is -2.12. The average molecular weight is 769 g/mol. The first-order valence-corrected chi connectivity index (χ1v) is 20.1. The molecule has 11 rings (SSSR count). The summed E-state index contributed by atoms with van der Waals surface area (Å²) in [6, 6.07) is 75.8. The summed E-state index contributed by atoms with van der Waals surface area (Å²) >= 11 is 0. The highest BCUT2D eigenvalue weighted by atomic mass is 16.3. The largest absolute Gasteiger partial charge is 0.454 e. The van der Waals surface area contributed by atoms with Crippen LogP contribution in [-0.4, -0.2) is 15.0 Å². The Hall–Kier alpha value is -8.15. The molecule has 2 aromatic heterocycles. The van der Waals surface area contributed by atoms with Gasteiger partial charge in [-0.15, -0.1) is 0 Å². The van der Waals surface area contributed by atoms with E-state index in [1.54, 1.807) is 0 Å². The second kappa shape index (κ2) is 15.0. The summed E-state index contributed by atoms with van der Waals surface area (Å²) in [6.45, 7) is 0. The molecule has 5 heteroatoms. The third-order valence-corrected chi connectivity index (χ3v) is 11.1. The number of nitrogens with zero attached hydrogens (tertiary/aromatic N) is 4. The molecule has 0 fully saturated rings. The van der Waals surface area contributed by atoms with Crippen molar-refractivity contribution in [1.82, 2.24) is 15.0 Å². The van der Waals surface area contributed by atoms with Crippen LogP contribution < -0.4 is 4.90 Å². The molecule has 282 valence electrons. The van der Waals surface area contributed by atoms with E-state index >= 15 is 0 Å². The van der Waals surface area contributed by atoms with E-state index in [2.05, 4.69) is 150 Å². The topological polar surface area (TPSA) is 55.1 Å². The van der Waals surface area contributed by atoms with E-state index in [1.807, 2.05) is 72.8 Å². The van der Waals surface area contributed by atoms with Crippen molar-refractivity contribution < 1.29 is 4.42 Å². The summed E-state index contributed by atoms with van der Waals surface area (Å²) in [5.41, 5.74) is 11.9. The molecule has 0 saturated carbocycles. The van der Waals surface area contributed by atoms with Crippen LogP contribution in [0.4, 0.5) is 17.1 Å². The lowest BCUT2D eigenvalue weighted by molar-refractivity contribution is 0.669. The van der Waals surface area contributed by atoms with Gasteiger partial charge in [-0.2, -0.15) is 0 Å². The lowest BCUT2D eigenvalue weighted by atomic mass is 9.98. The highest BCUT2D eigenvalue weighted by Crippen LogP contribution is 2.49. The van der Waals surface area contributed by atoms with Gasteiger partial charge in [0.1, 0.15) is 5.58 Å². The molecule has 0 amide bonds. The van der Waals surface area contributed by atoms with Gasteiger partial charge >= 0.3 is 0 Å². The van der Waals surface area contributed by atoms with Crippen LogP contribution in [-0.2, 0) is 0 Å². The number of rotatable bonds is 8. The van der Waals surface area contributed by atoms with E-state index in [0.717, 1.165) is 83.2 Å². The van der Waals surface area contributed by atoms with Crippen molar-refractivity contribution in [1.29, 1.82) is 0 Å². The number of para-hydroxylation sites is 1. The van der Waals surface area contributed by atoms with Crippen molar-refractivity contribution in [3.05, 3.63) is 218 Å². The maximum absolute atomic E-state index is 7.04. The molecular formula is C55H36N4O. The zero-order valence-corrected chi connectivity index (χ0v) is 32.5. The first kappa shape index (κ1) is 35.0. The fraction of sp³-hybridized carbons (Fsp3) is 0. The molecule has 0 unspecified atom stereocenters. The van der Waals surface area contributed by atoms with Crippen molar-refractivity contribution in [3.63, 3.8) is 0 Å². The van der Waals surface area contributed by atoms with Crippen LogP contribution in [0.25, 0.3) is 89.1 Å². The van der Waals surface area contributed by atoms with Crippen LogP contribution in [0.5, 0.6) is 0 Å². The molecular weight excluding hydrogens is 733 g/mol. The zero-order chi connectivity index (χ0) is 39.8. The summed E-state index contributed by atoms with van der Waals surface area (Å²) in [5, 5.41) is 4.17. The van der Waals surface area contributed by atoms with Gasteiger partial charge in [0.2, 0.25) is 0 Å². The number of furan rings is 1. The molecule has 0 atom stereocenters. The van der Waals surface area contributed by atoms with E-state index < -0.39 is 0 Å². The average Bonchev–Trinajstić information content (AvgIpc) is 3.70. The Balaban J connectivity index is 1.15. The lowest BCUT2D eigenvalue weighted by Gasteiger charge is -2.29. The SMILES string of the molecule is c1ccc(-c2ccc(N(c3ccccc3-c3ccccc3)c3c4ccccc4cc4c3oc3ccc(-c5nc(-c6ccccc6)nc(-c6ccccc6)n5)cc34)cc2)cc1. The Morgan fingerprint density at radius 3 is 1.50 bits per heavy atom. The molecule has 0 saturated heterocycles. The van der Waals surface area contributed by atoms with E-state index in [-0.39, 0.29) is 0 Å².